The molecule has 3 nitrogen and oxygen atoms in total. The van der Waals surface area contributed by atoms with Gasteiger partial charge in [0.1, 0.15) is 5.82 Å². The van der Waals surface area contributed by atoms with Gasteiger partial charge in [-0.2, -0.15) is 0 Å². The third-order valence-corrected chi connectivity index (χ3v) is 2.97. The smallest absolute Gasteiger partial charge is 0.317 e. The molecule has 0 aromatic heterocycles. The predicted molar refractivity (Wildman–Crippen MR) is 68.9 cm³/mol. The first-order valence-corrected chi connectivity index (χ1v) is 5.96. The summed E-state index contributed by atoms with van der Waals surface area (Å²) in [5, 5.41) is 8.98. The molecule has 1 unspecified atom stereocenters. The van der Waals surface area contributed by atoms with Crippen molar-refractivity contribution in [2.24, 2.45) is 0 Å². The lowest BCUT2D eigenvalue weighted by atomic mass is 9.99. The van der Waals surface area contributed by atoms with Gasteiger partial charge >= 0.3 is 5.97 Å². The topological polar surface area (TPSA) is 40.5 Å². The van der Waals surface area contributed by atoms with Gasteiger partial charge in [-0.1, -0.05) is 12.1 Å². The first kappa shape index (κ1) is 14.6. The van der Waals surface area contributed by atoms with Crippen molar-refractivity contribution in [3.8, 4) is 0 Å². The van der Waals surface area contributed by atoms with E-state index < -0.39 is 5.97 Å². The minimum atomic E-state index is -0.881. The molecular formula is C14H20FNO2. The number of aliphatic carboxylic acids is 1. The molecule has 0 spiro atoms. The fourth-order valence-corrected chi connectivity index (χ4v) is 2.05. The van der Waals surface area contributed by atoms with Crippen LogP contribution in [-0.4, -0.2) is 28.1 Å². The Morgan fingerprint density at radius 2 is 2.06 bits per heavy atom. The summed E-state index contributed by atoms with van der Waals surface area (Å²) >= 11 is 0. The minimum absolute atomic E-state index is 0.0683. The Balaban J connectivity index is 3.02. The molecule has 100 valence electrons. The number of benzene rings is 1. The lowest BCUT2D eigenvalue weighted by molar-refractivity contribution is -0.140. The minimum Gasteiger partial charge on any atom is -0.480 e. The quantitative estimate of drug-likeness (QED) is 0.896. The van der Waals surface area contributed by atoms with Gasteiger partial charge in [0.25, 0.3) is 0 Å². The first-order chi connectivity index (χ1) is 8.21. The van der Waals surface area contributed by atoms with Crippen LogP contribution < -0.4 is 0 Å². The first-order valence-electron chi connectivity index (χ1n) is 5.96. The number of rotatable bonds is 4. The third kappa shape index (κ3) is 3.81. The molecule has 0 saturated carbocycles. The molecule has 1 atom stereocenters. The molecule has 1 aromatic carbocycles. The number of nitrogens with zero attached hydrogens (tertiary/aromatic N) is 1. The Kier molecular flexibility index (Phi) is 4.46. The van der Waals surface area contributed by atoms with Crippen molar-refractivity contribution in [2.75, 3.05) is 6.54 Å². The van der Waals surface area contributed by atoms with Gasteiger partial charge in [-0.25, -0.2) is 4.39 Å². The largest absolute Gasteiger partial charge is 0.480 e. The number of carboxylic acid groups (broad SMARTS) is 1. The Morgan fingerprint density at radius 1 is 1.44 bits per heavy atom. The zero-order valence-electron chi connectivity index (χ0n) is 11.3. The zero-order valence-corrected chi connectivity index (χ0v) is 11.3. The standard InChI is InChI=1S/C14H20FNO2/c1-10(11-6-5-7-12(15)8-11)16(9-13(17)18)14(2,3)4/h5-8,10H,9H2,1-4H3,(H,17,18). The average molecular weight is 253 g/mol. The summed E-state index contributed by atoms with van der Waals surface area (Å²) in [5.41, 5.74) is 0.482. The van der Waals surface area contributed by atoms with E-state index in [1.807, 2.05) is 38.7 Å². The lowest BCUT2D eigenvalue weighted by Crippen LogP contribution is -2.45. The van der Waals surface area contributed by atoms with Crippen molar-refractivity contribution in [2.45, 2.75) is 39.3 Å². The highest BCUT2D eigenvalue weighted by Crippen LogP contribution is 2.27. The predicted octanol–water partition coefficient (Wildman–Crippen LogP) is 3.07. The third-order valence-electron chi connectivity index (χ3n) is 2.97. The molecule has 0 saturated heterocycles. The number of carbonyl (C=O) groups is 1. The van der Waals surface area contributed by atoms with E-state index in [2.05, 4.69) is 0 Å². The van der Waals surface area contributed by atoms with E-state index in [4.69, 9.17) is 5.11 Å². The summed E-state index contributed by atoms with van der Waals surface area (Å²) in [7, 11) is 0. The summed E-state index contributed by atoms with van der Waals surface area (Å²) in [6.45, 7) is 7.67. The number of halogens is 1. The Hall–Kier alpha value is -1.42. The van der Waals surface area contributed by atoms with Crippen molar-refractivity contribution >= 4 is 5.97 Å². The summed E-state index contributed by atoms with van der Waals surface area (Å²) in [5.74, 6) is -1.18. The van der Waals surface area contributed by atoms with E-state index >= 15 is 0 Å². The van der Waals surface area contributed by atoms with Crippen molar-refractivity contribution < 1.29 is 14.3 Å². The second-order valence-electron chi connectivity index (χ2n) is 5.42. The van der Waals surface area contributed by atoms with Gasteiger partial charge in [0.15, 0.2) is 0 Å². The molecule has 0 bridgehead atoms. The molecule has 0 heterocycles. The Morgan fingerprint density at radius 3 is 2.50 bits per heavy atom. The summed E-state index contributed by atoms with van der Waals surface area (Å²) < 4.78 is 13.2. The SMILES string of the molecule is CC(c1cccc(F)c1)N(CC(=O)O)C(C)(C)C. The molecule has 0 aliphatic heterocycles. The van der Waals surface area contributed by atoms with Crippen LogP contribution in [0.2, 0.25) is 0 Å². The molecule has 1 N–H and O–H groups in total. The van der Waals surface area contributed by atoms with Gasteiger partial charge in [-0.15, -0.1) is 0 Å². The van der Waals surface area contributed by atoms with Crippen LogP contribution in [0.15, 0.2) is 24.3 Å². The Labute approximate surface area is 107 Å². The van der Waals surface area contributed by atoms with E-state index in [9.17, 15) is 9.18 Å². The molecule has 0 aliphatic carbocycles. The van der Waals surface area contributed by atoms with Crippen LogP contribution in [0.1, 0.15) is 39.3 Å². The molecule has 0 aliphatic rings. The maximum atomic E-state index is 13.2. The highest BCUT2D eigenvalue weighted by molar-refractivity contribution is 5.69. The zero-order chi connectivity index (χ0) is 13.9. The van der Waals surface area contributed by atoms with Crippen LogP contribution in [0.3, 0.4) is 0 Å². The van der Waals surface area contributed by atoms with Crippen molar-refractivity contribution in [1.82, 2.24) is 4.90 Å². The van der Waals surface area contributed by atoms with Gasteiger partial charge in [0, 0.05) is 11.6 Å². The van der Waals surface area contributed by atoms with Crippen LogP contribution in [0.4, 0.5) is 4.39 Å². The molecule has 0 fully saturated rings. The summed E-state index contributed by atoms with van der Waals surface area (Å²) in [6, 6.07) is 6.13. The molecule has 0 radical (unpaired) electrons. The van der Waals surface area contributed by atoms with E-state index in [0.29, 0.717) is 0 Å². The molecule has 4 heteroatoms. The Bertz CT molecular complexity index is 426. The molecular weight excluding hydrogens is 233 g/mol. The van der Waals surface area contributed by atoms with Crippen molar-refractivity contribution in [3.63, 3.8) is 0 Å². The van der Waals surface area contributed by atoms with Gasteiger partial charge in [0.2, 0.25) is 0 Å². The van der Waals surface area contributed by atoms with E-state index in [0.717, 1.165) is 5.56 Å². The van der Waals surface area contributed by atoms with Crippen molar-refractivity contribution in [3.05, 3.63) is 35.6 Å². The van der Waals surface area contributed by atoms with Gasteiger partial charge < -0.3 is 5.11 Å². The highest BCUT2D eigenvalue weighted by atomic mass is 19.1. The highest BCUT2D eigenvalue weighted by Gasteiger charge is 2.29. The van der Waals surface area contributed by atoms with Gasteiger partial charge in [-0.3, -0.25) is 9.69 Å². The van der Waals surface area contributed by atoms with Gasteiger partial charge in [-0.05, 0) is 45.4 Å². The summed E-state index contributed by atoms with van der Waals surface area (Å²) in [4.78, 5) is 12.8. The number of hydrogen-bond donors (Lipinski definition) is 1. The molecule has 1 rings (SSSR count). The lowest BCUT2D eigenvalue weighted by Gasteiger charge is -2.39. The molecule has 1 aromatic rings. The number of hydrogen-bond acceptors (Lipinski definition) is 2. The van der Waals surface area contributed by atoms with Gasteiger partial charge in [0.05, 0.1) is 6.54 Å². The fourth-order valence-electron chi connectivity index (χ4n) is 2.05. The van der Waals surface area contributed by atoms with E-state index in [-0.39, 0.29) is 23.9 Å². The average Bonchev–Trinajstić information content (AvgIpc) is 2.23. The van der Waals surface area contributed by atoms with Crippen LogP contribution in [-0.2, 0) is 4.79 Å². The van der Waals surface area contributed by atoms with Crippen molar-refractivity contribution in [1.29, 1.82) is 0 Å². The second kappa shape index (κ2) is 5.48. The van der Waals surface area contributed by atoms with E-state index in [1.54, 1.807) is 6.07 Å². The fraction of sp³-hybridized carbons (Fsp3) is 0.500. The van der Waals surface area contributed by atoms with Crippen LogP contribution in [0, 0.1) is 5.82 Å². The van der Waals surface area contributed by atoms with Crippen LogP contribution in [0.25, 0.3) is 0 Å². The number of carboxylic acids is 1. The molecule has 0 amide bonds. The van der Waals surface area contributed by atoms with Crippen LogP contribution in [0.5, 0.6) is 0 Å². The molecule has 18 heavy (non-hydrogen) atoms. The monoisotopic (exact) mass is 253 g/mol. The maximum absolute atomic E-state index is 13.2. The van der Waals surface area contributed by atoms with Crippen LogP contribution >= 0.6 is 0 Å². The second-order valence-corrected chi connectivity index (χ2v) is 5.42. The maximum Gasteiger partial charge on any atom is 0.317 e. The normalized spacial score (nSPS) is 13.7. The summed E-state index contributed by atoms with van der Waals surface area (Å²) in [6.07, 6.45) is 0. The van der Waals surface area contributed by atoms with E-state index in [1.165, 1.54) is 12.1 Å².